The Hall–Kier alpha value is -2.08. The fraction of sp³-hybridized carbons (Fsp3) is 0.278. The Morgan fingerprint density at radius 3 is 2.29 bits per heavy atom. The molecule has 0 aliphatic carbocycles. The molecule has 5 nitrogen and oxygen atoms in total. The first-order chi connectivity index (χ1) is 11.4. The molecule has 0 aromatic heterocycles. The predicted octanol–water partition coefficient (Wildman–Crippen LogP) is 2.86. The fourth-order valence-electron chi connectivity index (χ4n) is 2.21. The Bertz CT molecular complexity index is 688. The van der Waals surface area contributed by atoms with Gasteiger partial charge >= 0.3 is 0 Å². The van der Waals surface area contributed by atoms with Gasteiger partial charge in [-0.3, -0.25) is 4.79 Å². The molecule has 24 heavy (non-hydrogen) atoms. The van der Waals surface area contributed by atoms with Crippen molar-refractivity contribution in [3.8, 4) is 0 Å². The highest BCUT2D eigenvalue weighted by Crippen LogP contribution is 2.20. The number of rotatable bonds is 6. The molecular weight excluding hydrogens is 324 g/mol. The third-order valence-corrected chi connectivity index (χ3v) is 3.99. The summed E-state index contributed by atoms with van der Waals surface area (Å²) < 4.78 is 0. The van der Waals surface area contributed by atoms with Crippen LogP contribution in [0, 0.1) is 0 Å². The summed E-state index contributed by atoms with van der Waals surface area (Å²) in [7, 11) is 6.07. The minimum absolute atomic E-state index is 0.264. The van der Waals surface area contributed by atoms with Crippen molar-refractivity contribution in [2.24, 2.45) is 5.84 Å². The van der Waals surface area contributed by atoms with E-state index in [-0.39, 0.29) is 5.91 Å². The number of benzene rings is 2. The van der Waals surface area contributed by atoms with Crippen LogP contribution >= 0.6 is 11.6 Å². The van der Waals surface area contributed by atoms with E-state index in [4.69, 9.17) is 17.4 Å². The average Bonchev–Trinajstić information content (AvgIpc) is 2.59. The molecule has 2 N–H and O–H groups in total. The van der Waals surface area contributed by atoms with E-state index in [9.17, 15) is 4.79 Å². The number of hydrogen-bond acceptors (Lipinski definition) is 4. The van der Waals surface area contributed by atoms with E-state index in [0.717, 1.165) is 23.8 Å². The normalized spacial score (nSPS) is 10.8. The Balaban J connectivity index is 2.14. The van der Waals surface area contributed by atoms with Gasteiger partial charge in [0.05, 0.1) is 5.69 Å². The molecule has 2 aromatic rings. The number of amides is 1. The number of hydrazine groups is 1. The summed E-state index contributed by atoms with van der Waals surface area (Å²) in [5.41, 5.74) is 2.12. The van der Waals surface area contributed by atoms with Crippen LogP contribution in [0.4, 0.5) is 11.4 Å². The van der Waals surface area contributed by atoms with Gasteiger partial charge in [0.1, 0.15) is 0 Å². The van der Waals surface area contributed by atoms with Crippen molar-refractivity contribution in [3.63, 3.8) is 0 Å². The first-order valence-electron chi connectivity index (χ1n) is 7.69. The lowest BCUT2D eigenvalue weighted by atomic mass is 10.1. The van der Waals surface area contributed by atoms with Crippen molar-refractivity contribution < 1.29 is 4.79 Å². The first kappa shape index (κ1) is 18.3. The average molecular weight is 347 g/mol. The summed E-state index contributed by atoms with van der Waals surface area (Å²) in [4.78, 5) is 16.8. The molecule has 2 rings (SSSR count). The zero-order chi connectivity index (χ0) is 17.7. The van der Waals surface area contributed by atoms with E-state index >= 15 is 0 Å². The maximum Gasteiger partial charge on any atom is 0.272 e. The lowest BCUT2D eigenvalue weighted by Crippen LogP contribution is -2.37. The minimum atomic E-state index is -0.264. The van der Waals surface area contributed by atoms with Crippen LogP contribution in [-0.2, 0) is 0 Å². The van der Waals surface area contributed by atoms with Crippen LogP contribution in [0.2, 0.25) is 5.02 Å². The first-order valence-corrected chi connectivity index (χ1v) is 8.07. The number of hydrogen-bond donors (Lipinski definition) is 1. The van der Waals surface area contributed by atoms with Crippen molar-refractivity contribution in [3.05, 3.63) is 59.1 Å². The van der Waals surface area contributed by atoms with Crippen LogP contribution in [0.3, 0.4) is 0 Å². The summed E-state index contributed by atoms with van der Waals surface area (Å²) in [5, 5.41) is 1.74. The summed E-state index contributed by atoms with van der Waals surface area (Å²) in [6.07, 6.45) is 0. The highest BCUT2D eigenvalue weighted by molar-refractivity contribution is 6.30. The molecule has 1 amide bonds. The van der Waals surface area contributed by atoms with E-state index in [0.29, 0.717) is 16.3 Å². The molecule has 0 atom stereocenters. The molecule has 0 fully saturated rings. The second-order valence-electron chi connectivity index (χ2n) is 5.93. The van der Waals surface area contributed by atoms with Crippen molar-refractivity contribution >= 4 is 28.9 Å². The highest BCUT2D eigenvalue weighted by Gasteiger charge is 2.15. The molecule has 0 heterocycles. The third-order valence-electron chi connectivity index (χ3n) is 3.74. The molecule has 6 heteroatoms. The number of nitrogens with two attached hydrogens (primary N) is 1. The Morgan fingerprint density at radius 2 is 1.67 bits per heavy atom. The minimum Gasteiger partial charge on any atom is -0.373 e. The molecule has 0 saturated carbocycles. The monoisotopic (exact) mass is 346 g/mol. The van der Waals surface area contributed by atoms with E-state index in [1.807, 2.05) is 39.3 Å². The molecule has 2 aromatic carbocycles. The largest absolute Gasteiger partial charge is 0.373 e. The van der Waals surface area contributed by atoms with Gasteiger partial charge in [-0.25, -0.2) is 10.9 Å². The van der Waals surface area contributed by atoms with Crippen molar-refractivity contribution in [2.45, 2.75) is 0 Å². The van der Waals surface area contributed by atoms with Gasteiger partial charge in [0.15, 0.2) is 0 Å². The number of carbonyl (C=O) groups excluding carboxylic acids is 1. The van der Waals surface area contributed by atoms with Crippen LogP contribution in [-0.4, -0.2) is 45.0 Å². The summed E-state index contributed by atoms with van der Waals surface area (Å²) in [6.45, 7) is 1.80. The molecule has 0 spiro atoms. The molecular formula is C18H23ClN4O. The van der Waals surface area contributed by atoms with Crippen LogP contribution in [0.25, 0.3) is 0 Å². The maximum atomic E-state index is 12.6. The summed E-state index contributed by atoms with van der Waals surface area (Å²) in [6, 6.07) is 14.3. The van der Waals surface area contributed by atoms with Crippen LogP contribution in [0.1, 0.15) is 10.4 Å². The smallest absolute Gasteiger partial charge is 0.272 e. The number of nitrogens with zero attached hydrogens (tertiary/aromatic N) is 3. The molecule has 0 aliphatic rings. The molecule has 0 unspecified atom stereocenters. The van der Waals surface area contributed by atoms with Crippen LogP contribution in [0.5, 0.6) is 0 Å². The van der Waals surface area contributed by atoms with Gasteiger partial charge in [0.2, 0.25) is 0 Å². The van der Waals surface area contributed by atoms with E-state index < -0.39 is 0 Å². The standard InChI is InChI=1S/C18H23ClN4O/c1-21(2)11-12-22(3)17-6-4-5-14(13-17)18(24)23(20)16-9-7-15(19)8-10-16/h4-10,13H,11-12,20H2,1-3H3. The quantitative estimate of drug-likeness (QED) is 0.496. The second-order valence-corrected chi connectivity index (χ2v) is 6.36. The Kier molecular flexibility index (Phi) is 6.20. The lowest BCUT2D eigenvalue weighted by Gasteiger charge is -2.23. The van der Waals surface area contributed by atoms with Crippen LogP contribution in [0.15, 0.2) is 48.5 Å². The topological polar surface area (TPSA) is 52.8 Å². The summed E-state index contributed by atoms with van der Waals surface area (Å²) >= 11 is 5.87. The van der Waals surface area contributed by atoms with Gasteiger partial charge in [0.25, 0.3) is 5.91 Å². The second kappa shape index (κ2) is 8.15. The van der Waals surface area contributed by atoms with Crippen molar-refractivity contribution in [2.75, 3.05) is 44.1 Å². The molecule has 0 bridgehead atoms. The number of anilines is 2. The maximum absolute atomic E-state index is 12.6. The zero-order valence-corrected chi connectivity index (χ0v) is 15.0. The molecule has 128 valence electrons. The fourth-order valence-corrected chi connectivity index (χ4v) is 2.34. The lowest BCUT2D eigenvalue weighted by molar-refractivity contribution is 0.0987. The molecule has 0 saturated heterocycles. The number of carbonyl (C=O) groups is 1. The van der Waals surface area contributed by atoms with Gasteiger partial charge in [-0.15, -0.1) is 0 Å². The molecule has 0 aliphatic heterocycles. The van der Waals surface area contributed by atoms with Crippen LogP contribution < -0.4 is 15.8 Å². The van der Waals surface area contributed by atoms with Crippen molar-refractivity contribution in [1.82, 2.24) is 4.90 Å². The van der Waals surface area contributed by atoms with Gasteiger partial charge < -0.3 is 9.80 Å². The van der Waals surface area contributed by atoms with Gasteiger partial charge in [-0.2, -0.15) is 0 Å². The van der Waals surface area contributed by atoms with E-state index in [2.05, 4.69) is 9.80 Å². The number of halogens is 1. The predicted molar refractivity (Wildman–Crippen MR) is 101 cm³/mol. The van der Waals surface area contributed by atoms with Gasteiger partial charge in [-0.1, -0.05) is 17.7 Å². The Labute approximate surface area is 148 Å². The number of likely N-dealkylation sites (N-methyl/N-ethyl adjacent to an activating group) is 2. The van der Waals surface area contributed by atoms with Crippen molar-refractivity contribution in [1.29, 1.82) is 0 Å². The summed E-state index contributed by atoms with van der Waals surface area (Å²) in [5.74, 6) is 5.70. The Morgan fingerprint density at radius 1 is 1.00 bits per heavy atom. The zero-order valence-electron chi connectivity index (χ0n) is 14.2. The van der Waals surface area contributed by atoms with E-state index in [1.54, 1.807) is 30.3 Å². The molecule has 0 radical (unpaired) electrons. The third kappa shape index (κ3) is 4.71. The highest BCUT2D eigenvalue weighted by atomic mass is 35.5. The SMILES string of the molecule is CN(C)CCN(C)c1cccc(C(=O)N(N)c2ccc(Cl)cc2)c1. The van der Waals surface area contributed by atoms with Gasteiger partial charge in [-0.05, 0) is 56.6 Å². The van der Waals surface area contributed by atoms with E-state index in [1.165, 1.54) is 0 Å². The van der Waals surface area contributed by atoms with Gasteiger partial charge in [0, 0.05) is 36.4 Å².